The summed E-state index contributed by atoms with van der Waals surface area (Å²) in [7, 11) is 1.71. The molecule has 0 aliphatic rings. The first-order valence-corrected chi connectivity index (χ1v) is 9.52. The third kappa shape index (κ3) is 6.02. The maximum absolute atomic E-state index is 12.6. The average molecular weight is 435 g/mol. The molecular formula is C22H21N5O5. The highest BCUT2D eigenvalue weighted by Gasteiger charge is 2.14. The summed E-state index contributed by atoms with van der Waals surface area (Å²) in [6, 6.07) is 10.7. The Kier molecular flexibility index (Phi) is 6.64. The molecule has 10 heteroatoms. The van der Waals surface area contributed by atoms with Gasteiger partial charge in [-0.15, -0.1) is 0 Å². The predicted molar refractivity (Wildman–Crippen MR) is 118 cm³/mol. The van der Waals surface area contributed by atoms with Gasteiger partial charge >= 0.3 is 5.97 Å². The zero-order chi connectivity index (χ0) is 23.3. The zero-order valence-corrected chi connectivity index (χ0v) is 17.6. The van der Waals surface area contributed by atoms with E-state index in [0.29, 0.717) is 22.6 Å². The van der Waals surface area contributed by atoms with Crippen molar-refractivity contribution in [2.24, 2.45) is 7.05 Å². The van der Waals surface area contributed by atoms with Gasteiger partial charge in [0.1, 0.15) is 5.75 Å². The number of aryl methyl sites for hydroxylation is 1. The lowest BCUT2D eigenvalue weighted by molar-refractivity contribution is -0.115. The van der Waals surface area contributed by atoms with E-state index < -0.39 is 5.97 Å². The molecule has 3 N–H and O–H groups in total. The number of hydrogen-bond donors (Lipinski definition) is 3. The van der Waals surface area contributed by atoms with Crippen LogP contribution < -0.4 is 20.7 Å². The van der Waals surface area contributed by atoms with E-state index >= 15 is 0 Å². The van der Waals surface area contributed by atoms with Crippen LogP contribution in [0.25, 0.3) is 0 Å². The molecule has 164 valence electrons. The lowest BCUT2D eigenvalue weighted by atomic mass is 10.1. The Labute approximate surface area is 183 Å². The van der Waals surface area contributed by atoms with Crippen molar-refractivity contribution < 1.29 is 23.9 Å². The summed E-state index contributed by atoms with van der Waals surface area (Å²) in [6.45, 7) is 2.66. The molecule has 0 saturated heterocycles. The van der Waals surface area contributed by atoms with E-state index in [4.69, 9.17) is 4.74 Å². The Balaban J connectivity index is 1.71. The molecule has 0 saturated carbocycles. The van der Waals surface area contributed by atoms with Gasteiger partial charge in [-0.05, 0) is 42.5 Å². The number of amides is 3. The molecule has 0 bridgehead atoms. The average Bonchev–Trinajstić information content (AvgIpc) is 3.14. The molecular weight excluding hydrogens is 414 g/mol. The van der Waals surface area contributed by atoms with Crippen LogP contribution in [0.3, 0.4) is 0 Å². The normalized spacial score (nSPS) is 10.2. The van der Waals surface area contributed by atoms with Gasteiger partial charge in [-0.25, -0.2) is 4.79 Å². The molecule has 3 rings (SSSR count). The Bertz CT molecular complexity index is 1150. The number of aromatic nitrogens is 2. The highest BCUT2D eigenvalue weighted by atomic mass is 16.5. The molecule has 0 fully saturated rings. The number of hydrogen-bond acceptors (Lipinski definition) is 6. The molecule has 0 aliphatic heterocycles. The number of ether oxygens (including phenoxy) is 1. The molecule has 0 atom stereocenters. The van der Waals surface area contributed by atoms with Crippen molar-refractivity contribution in [3.8, 4) is 5.75 Å². The van der Waals surface area contributed by atoms with E-state index in [0.717, 1.165) is 0 Å². The van der Waals surface area contributed by atoms with Crippen molar-refractivity contribution in [3.05, 3.63) is 66.0 Å². The fourth-order valence-corrected chi connectivity index (χ4v) is 2.81. The van der Waals surface area contributed by atoms with Crippen molar-refractivity contribution in [1.82, 2.24) is 9.78 Å². The second-order valence-corrected chi connectivity index (χ2v) is 6.93. The standard InChI is InChI=1S/C22H21N5O5/c1-13(28)24-18-8-15(9-19(10-18)25-14(2)29)22(31)32-20-6-4-17(5-7-20)26-21(30)16-11-23-27(3)12-16/h4-12H,1-3H3,(H,24,28)(H,25,29)(H,26,30). The van der Waals surface area contributed by atoms with Gasteiger partial charge < -0.3 is 20.7 Å². The highest BCUT2D eigenvalue weighted by Crippen LogP contribution is 2.22. The van der Waals surface area contributed by atoms with Gasteiger partial charge in [-0.2, -0.15) is 5.10 Å². The minimum Gasteiger partial charge on any atom is -0.423 e. The number of nitrogens with zero attached hydrogens (tertiary/aromatic N) is 2. The van der Waals surface area contributed by atoms with Crippen molar-refractivity contribution >= 4 is 40.8 Å². The van der Waals surface area contributed by atoms with Crippen molar-refractivity contribution in [2.75, 3.05) is 16.0 Å². The van der Waals surface area contributed by atoms with Gasteiger partial charge in [-0.1, -0.05) is 0 Å². The first-order valence-electron chi connectivity index (χ1n) is 9.52. The first kappa shape index (κ1) is 22.2. The summed E-state index contributed by atoms with van der Waals surface area (Å²) in [5, 5.41) is 11.8. The molecule has 2 aromatic carbocycles. The van der Waals surface area contributed by atoms with Crippen LogP contribution in [0.4, 0.5) is 17.1 Å². The fraction of sp³-hybridized carbons (Fsp3) is 0.136. The van der Waals surface area contributed by atoms with Crippen molar-refractivity contribution in [1.29, 1.82) is 0 Å². The summed E-state index contributed by atoms with van der Waals surface area (Å²) < 4.78 is 6.90. The van der Waals surface area contributed by atoms with E-state index in [1.54, 1.807) is 25.4 Å². The van der Waals surface area contributed by atoms with Crippen LogP contribution in [0.1, 0.15) is 34.6 Å². The number of carbonyl (C=O) groups excluding carboxylic acids is 4. The molecule has 0 radical (unpaired) electrons. The quantitative estimate of drug-likeness (QED) is 0.403. The topological polar surface area (TPSA) is 131 Å². The predicted octanol–water partition coefficient (Wildman–Crippen LogP) is 2.81. The summed E-state index contributed by atoms with van der Waals surface area (Å²) in [4.78, 5) is 47.5. The van der Waals surface area contributed by atoms with Gasteiger partial charge in [0.05, 0.1) is 17.3 Å². The van der Waals surface area contributed by atoms with Crippen LogP contribution in [-0.4, -0.2) is 33.5 Å². The largest absolute Gasteiger partial charge is 0.423 e. The van der Waals surface area contributed by atoms with E-state index in [1.165, 1.54) is 55.1 Å². The number of benzene rings is 2. The minimum absolute atomic E-state index is 0.133. The van der Waals surface area contributed by atoms with E-state index in [9.17, 15) is 19.2 Å². The zero-order valence-electron chi connectivity index (χ0n) is 17.6. The smallest absolute Gasteiger partial charge is 0.343 e. The van der Waals surface area contributed by atoms with Crippen LogP contribution in [0.15, 0.2) is 54.9 Å². The van der Waals surface area contributed by atoms with Crippen molar-refractivity contribution in [2.45, 2.75) is 13.8 Å². The number of rotatable bonds is 6. The molecule has 0 unspecified atom stereocenters. The second kappa shape index (κ2) is 9.56. The Morgan fingerprint density at radius 1 is 0.812 bits per heavy atom. The molecule has 0 aliphatic carbocycles. The van der Waals surface area contributed by atoms with Crippen LogP contribution in [0.5, 0.6) is 5.75 Å². The molecule has 3 amide bonds. The van der Waals surface area contributed by atoms with Gasteiger partial charge in [0, 0.05) is 44.2 Å². The van der Waals surface area contributed by atoms with E-state index in [-0.39, 0.29) is 29.0 Å². The maximum atomic E-state index is 12.6. The maximum Gasteiger partial charge on any atom is 0.343 e. The first-order chi connectivity index (χ1) is 15.2. The minimum atomic E-state index is -0.684. The third-order valence-corrected chi connectivity index (χ3v) is 4.10. The number of carbonyl (C=O) groups is 4. The van der Waals surface area contributed by atoms with Crippen LogP contribution in [0.2, 0.25) is 0 Å². The number of nitrogens with one attached hydrogen (secondary N) is 3. The SMILES string of the molecule is CC(=O)Nc1cc(NC(C)=O)cc(C(=O)Oc2ccc(NC(=O)c3cnn(C)c3)cc2)c1. The lowest BCUT2D eigenvalue weighted by Crippen LogP contribution is -2.13. The summed E-state index contributed by atoms with van der Waals surface area (Å²) >= 11 is 0. The Morgan fingerprint density at radius 2 is 1.41 bits per heavy atom. The summed E-state index contributed by atoms with van der Waals surface area (Å²) in [6.07, 6.45) is 3.05. The fourth-order valence-electron chi connectivity index (χ4n) is 2.81. The molecule has 3 aromatic rings. The Hall–Kier alpha value is -4.47. The second-order valence-electron chi connectivity index (χ2n) is 6.93. The van der Waals surface area contributed by atoms with Crippen molar-refractivity contribution in [3.63, 3.8) is 0 Å². The van der Waals surface area contributed by atoms with Crippen LogP contribution >= 0.6 is 0 Å². The molecule has 1 aromatic heterocycles. The molecule has 0 spiro atoms. The monoisotopic (exact) mass is 435 g/mol. The number of esters is 1. The summed E-state index contributed by atoms with van der Waals surface area (Å²) in [5.74, 6) is -1.40. The third-order valence-electron chi connectivity index (χ3n) is 4.10. The van der Waals surface area contributed by atoms with Crippen LogP contribution in [-0.2, 0) is 16.6 Å². The molecule has 32 heavy (non-hydrogen) atoms. The van der Waals surface area contributed by atoms with E-state index in [1.807, 2.05) is 0 Å². The van der Waals surface area contributed by atoms with E-state index in [2.05, 4.69) is 21.0 Å². The number of anilines is 3. The summed E-state index contributed by atoms with van der Waals surface area (Å²) in [5.41, 5.74) is 1.73. The highest BCUT2D eigenvalue weighted by molar-refractivity contribution is 6.04. The lowest BCUT2D eigenvalue weighted by Gasteiger charge is -2.11. The van der Waals surface area contributed by atoms with Gasteiger partial charge in [0.25, 0.3) is 5.91 Å². The van der Waals surface area contributed by atoms with Crippen LogP contribution in [0, 0.1) is 0 Å². The molecule has 1 heterocycles. The van der Waals surface area contributed by atoms with Gasteiger partial charge in [-0.3, -0.25) is 19.1 Å². The Morgan fingerprint density at radius 3 is 1.91 bits per heavy atom. The van der Waals surface area contributed by atoms with Gasteiger partial charge in [0.15, 0.2) is 0 Å². The molecule has 10 nitrogen and oxygen atoms in total. The van der Waals surface area contributed by atoms with Gasteiger partial charge in [0.2, 0.25) is 11.8 Å².